The lowest BCUT2D eigenvalue weighted by Crippen LogP contribution is -2.46. The molecule has 0 aromatic carbocycles. The fourth-order valence-corrected chi connectivity index (χ4v) is 2.23. The van der Waals surface area contributed by atoms with Gasteiger partial charge in [-0.2, -0.15) is 0 Å². The molecule has 94 valence electrons. The van der Waals surface area contributed by atoms with Crippen LogP contribution in [0.3, 0.4) is 0 Å². The van der Waals surface area contributed by atoms with Crippen LogP contribution in [0, 0.1) is 0 Å². The number of aromatic amines is 1. The van der Waals surface area contributed by atoms with Gasteiger partial charge in [-0.05, 0) is 25.8 Å². The van der Waals surface area contributed by atoms with Crippen molar-refractivity contribution in [2.75, 3.05) is 24.5 Å². The largest absolute Gasteiger partial charge is 0.355 e. The fourth-order valence-electron chi connectivity index (χ4n) is 2.23. The summed E-state index contributed by atoms with van der Waals surface area (Å²) in [5, 5.41) is 3.53. The first-order valence-electron chi connectivity index (χ1n) is 6.32. The predicted molar refractivity (Wildman–Crippen MR) is 68.4 cm³/mol. The lowest BCUT2D eigenvalue weighted by Gasteiger charge is -2.33. The Morgan fingerprint density at radius 1 is 1.65 bits per heavy atom. The zero-order valence-corrected chi connectivity index (χ0v) is 10.3. The molecule has 1 aromatic heterocycles. The summed E-state index contributed by atoms with van der Waals surface area (Å²) in [6.07, 6.45) is 4.98. The van der Waals surface area contributed by atoms with Gasteiger partial charge in [-0.3, -0.25) is 4.79 Å². The van der Waals surface area contributed by atoms with Crippen molar-refractivity contribution in [3.05, 3.63) is 22.7 Å². The molecule has 1 aliphatic heterocycles. The van der Waals surface area contributed by atoms with Crippen LogP contribution < -0.4 is 15.8 Å². The van der Waals surface area contributed by atoms with Crippen LogP contribution in [0.5, 0.6) is 0 Å². The van der Waals surface area contributed by atoms with E-state index in [9.17, 15) is 4.79 Å². The third kappa shape index (κ3) is 3.30. The van der Waals surface area contributed by atoms with Gasteiger partial charge < -0.3 is 15.2 Å². The normalized spacial score (nSPS) is 20.5. The van der Waals surface area contributed by atoms with Crippen molar-refractivity contribution in [1.29, 1.82) is 0 Å². The summed E-state index contributed by atoms with van der Waals surface area (Å²) in [7, 11) is 0. The maximum Gasteiger partial charge on any atom is 0.252 e. The van der Waals surface area contributed by atoms with Gasteiger partial charge in [0.15, 0.2) is 0 Å². The molecule has 1 fully saturated rings. The van der Waals surface area contributed by atoms with Crippen LogP contribution in [0.25, 0.3) is 0 Å². The Labute approximate surface area is 101 Å². The highest BCUT2D eigenvalue weighted by molar-refractivity contribution is 5.37. The Bertz CT molecular complexity index is 403. The Morgan fingerprint density at radius 2 is 2.53 bits per heavy atom. The summed E-state index contributed by atoms with van der Waals surface area (Å²) in [6, 6.07) is 2.09. The zero-order chi connectivity index (χ0) is 12.1. The molecule has 1 saturated heterocycles. The predicted octanol–water partition coefficient (Wildman–Crippen LogP) is 0.738. The highest BCUT2D eigenvalue weighted by Crippen LogP contribution is 2.15. The summed E-state index contributed by atoms with van der Waals surface area (Å²) in [5.74, 6) is 0.789. The van der Waals surface area contributed by atoms with Gasteiger partial charge in [-0.25, -0.2) is 4.98 Å². The molecule has 0 spiro atoms. The number of rotatable bonds is 4. The number of nitrogens with zero attached hydrogens (tertiary/aromatic N) is 2. The van der Waals surface area contributed by atoms with Crippen molar-refractivity contribution in [3.8, 4) is 0 Å². The molecule has 2 rings (SSSR count). The maximum atomic E-state index is 11.2. The Kier molecular flexibility index (Phi) is 4.14. The highest BCUT2D eigenvalue weighted by atomic mass is 16.1. The molecule has 0 bridgehead atoms. The van der Waals surface area contributed by atoms with E-state index in [-0.39, 0.29) is 5.56 Å². The smallest absolute Gasteiger partial charge is 0.252 e. The maximum absolute atomic E-state index is 11.2. The van der Waals surface area contributed by atoms with Crippen molar-refractivity contribution in [2.45, 2.75) is 32.2 Å². The second-order valence-corrected chi connectivity index (χ2v) is 4.51. The Morgan fingerprint density at radius 3 is 3.29 bits per heavy atom. The van der Waals surface area contributed by atoms with Gasteiger partial charge in [-0.1, -0.05) is 6.92 Å². The second kappa shape index (κ2) is 5.82. The first-order valence-corrected chi connectivity index (χ1v) is 6.32. The average molecular weight is 236 g/mol. The van der Waals surface area contributed by atoms with E-state index in [2.05, 4.69) is 27.1 Å². The summed E-state index contributed by atoms with van der Waals surface area (Å²) in [4.78, 5) is 20.2. The molecule has 0 radical (unpaired) electrons. The molecule has 2 heterocycles. The van der Waals surface area contributed by atoms with Crippen LogP contribution in [0.15, 0.2) is 17.2 Å². The average Bonchev–Trinajstić information content (AvgIpc) is 2.37. The molecule has 17 heavy (non-hydrogen) atoms. The monoisotopic (exact) mass is 236 g/mol. The van der Waals surface area contributed by atoms with Gasteiger partial charge in [0.25, 0.3) is 5.56 Å². The molecule has 5 nitrogen and oxygen atoms in total. The van der Waals surface area contributed by atoms with E-state index >= 15 is 0 Å². The SMILES string of the molecule is CCCNC1CCCN(c2cc(=O)[nH]cn2)C1. The van der Waals surface area contributed by atoms with Gasteiger partial charge >= 0.3 is 0 Å². The van der Waals surface area contributed by atoms with E-state index in [1.807, 2.05) is 0 Å². The van der Waals surface area contributed by atoms with Crippen molar-refractivity contribution < 1.29 is 0 Å². The minimum atomic E-state index is -0.0846. The first kappa shape index (κ1) is 12.1. The lowest BCUT2D eigenvalue weighted by atomic mass is 10.1. The van der Waals surface area contributed by atoms with Crippen LogP contribution in [0.4, 0.5) is 5.82 Å². The third-order valence-corrected chi connectivity index (χ3v) is 3.09. The van der Waals surface area contributed by atoms with Crippen molar-refractivity contribution in [1.82, 2.24) is 15.3 Å². The van der Waals surface area contributed by atoms with E-state index in [1.165, 1.54) is 12.7 Å². The standard InChI is InChI=1S/C12H20N4O/c1-2-5-13-10-4-3-6-16(8-10)11-7-12(17)15-9-14-11/h7,9-10,13H,2-6,8H2,1H3,(H,14,15,17). The first-order chi connectivity index (χ1) is 8.29. The van der Waals surface area contributed by atoms with Crippen LogP contribution in [-0.4, -0.2) is 35.6 Å². The van der Waals surface area contributed by atoms with Gasteiger partial charge in [0.05, 0.1) is 6.33 Å². The van der Waals surface area contributed by atoms with Crippen LogP contribution >= 0.6 is 0 Å². The van der Waals surface area contributed by atoms with Crippen LogP contribution in [0.1, 0.15) is 26.2 Å². The number of nitrogens with one attached hydrogen (secondary N) is 2. The third-order valence-electron chi connectivity index (χ3n) is 3.09. The molecule has 0 aliphatic carbocycles. The van der Waals surface area contributed by atoms with Crippen LogP contribution in [0.2, 0.25) is 0 Å². The molecular weight excluding hydrogens is 216 g/mol. The number of aromatic nitrogens is 2. The Hall–Kier alpha value is -1.36. The topological polar surface area (TPSA) is 61.0 Å². The summed E-state index contributed by atoms with van der Waals surface area (Å²) >= 11 is 0. The molecule has 2 N–H and O–H groups in total. The van der Waals surface area contributed by atoms with Gasteiger partial charge in [0.1, 0.15) is 5.82 Å². The van der Waals surface area contributed by atoms with E-state index in [4.69, 9.17) is 0 Å². The number of hydrogen-bond donors (Lipinski definition) is 2. The summed E-state index contributed by atoms with van der Waals surface area (Å²) in [5.41, 5.74) is -0.0846. The van der Waals surface area contributed by atoms with Gasteiger partial charge in [0.2, 0.25) is 0 Å². The molecule has 1 aliphatic rings. The molecular formula is C12H20N4O. The van der Waals surface area contributed by atoms with Gasteiger partial charge in [-0.15, -0.1) is 0 Å². The highest BCUT2D eigenvalue weighted by Gasteiger charge is 2.20. The minimum Gasteiger partial charge on any atom is -0.355 e. The van der Waals surface area contributed by atoms with Crippen LogP contribution in [-0.2, 0) is 0 Å². The van der Waals surface area contributed by atoms with E-state index in [0.29, 0.717) is 6.04 Å². The number of piperidine rings is 1. The van der Waals surface area contributed by atoms with Crippen molar-refractivity contribution in [2.24, 2.45) is 0 Å². The number of anilines is 1. The fraction of sp³-hybridized carbons (Fsp3) is 0.667. The second-order valence-electron chi connectivity index (χ2n) is 4.51. The minimum absolute atomic E-state index is 0.0846. The van der Waals surface area contributed by atoms with Crippen molar-refractivity contribution >= 4 is 5.82 Å². The molecule has 1 unspecified atom stereocenters. The molecule has 1 atom stereocenters. The van der Waals surface area contributed by atoms with Crippen molar-refractivity contribution in [3.63, 3.8) is 0 Å². The molecule has 0 saturated carbocycles. The van der Waals surface area contributed by atoms with E-state index in [0.717, 1.165) is 38.3 Å². The van der Waals surface area contributed by atoms with E-state index in [1.54, 1.807) is 6.07 Å². The molecule has 5 heteroatoms. The number of hydrogen-bond acceptors (Lipinski definition) is 4. The molecule has 0 amide bonds. The zero-order valence-electron chi connectivity index (χ0n) is 10.3. The van der Waals surface area contributed by atoms with Gasteiger partial charge in [0, 0.05) is 25.2 Å². The van der Waals surface area contributed by atoms with E-state index < -0.39 is 0 Å². The summed E-state index contributed by atoms with van der Waals surface area (Å²) < 4.78 is 0. The summed E-state index contributed by atoms with van der Waals surface area (Å²) in [6.45, 7) is 5.16. The Balaban J connectivity index is 1.99. The molecule has 1 aromatic rings. The quantitative estimate of drug-likeness (QED) is 0.809. The number of H-pyrrole nitrogens is 1. The lowest BCUT2D eigenvalue weighted by molar-refractivity contribution is 0.421.